The van der Waals surface area contributed by atoms with Crippen molar-refractivity contribution >= 4 is 29.3 Å². The minimum absolute atomic E-state index is 0.0343. The summed E-state index contributed by atoms with van der Waals surface area (Å²) in [4.78, 5) is 41.2. The van der Waals surface area contributed by atoms with Crippen molar-refractivity contribution in [2.75, 3.05) is 39.8 Å². The van der Waals surface area contributed by atoms with E-state index < -0.39 is 6.04 Å². The Kier molecular flexibility index (Phi) is 8.03. The number of amides is 3. The second-order valence-corrected chi connectivity index (χ2v) is 7.86. The van der Waals surface area contributed by atoms with Crippen molar-refractivity contribution in [3.8, 4) is 0 Å². The van der Waals surface area contributed by atoms with Crippen LogP contribution >= 0.6 is 11.6 Å². The summed E-state index contributed by atoms with van der Waals surface area (Å²) in [6.45, 7) is 2.72. The normalized spacial score (nSPS) is 15.2. The van der Waals surface area contributed by atoms with Crippen LogP contribution in [-0.4, -0.2) is 67.3 Å². The number of halogens is 1. The molecule has 1 fully saturated rings. The van der Waals surface area contributed by atoms with Crippen LogP contribution in [0.2, 0.25) is 5.02 Å². The van der Waals surface area contributed by atoms with Gasteiger partial charge in [0.1, 0.15) is 0 Å². The largest absolute Gasteiger partial charge is 0.358 e. The highest BCUT2D eigenvalue weighted by molar-refractivity contribution is 6.33. The van der Waals surface area contributed by atoms with Gasteiger partial charge in [0.15, 0.2) is 0 Å². The van der Waals surface area contributed by atoms with E-state index in [0.29, 0.717) is 43.3 Å². The van der Waals surface area contributed by atoms with Crippen LogP contribution in [0.4, 0.5) is 0 Å². The van der Waals surface area contributed by atoms with Gasteiger partial charge in [0.25, 0.3) is 5.91 Å². The van der Waals surface area contributed by atoms with E-state index in [1.165, 1.54) is 0 Å². The molecule has 2 aromatic carbocycles. The van der Waals surface area contributed by atoms with E-state index in [9.17, 15) is 14.4 Å². The predicted molar refractivity (Wildman–Crippen MR) is 120 cm³/mol. The number of piperazine rings is 1. The molecule has 3 amide bonds. The Morgan fingerprint density at radius 3 is 2.26 bits per heavy atom. The van der Waals surface area contributed by atoms with Gasteiger partial charge in [0.05, 0.1) is 29.6 Å². The maximum Gasteiger partial charge on any atom is 0.253 e. The maximum atomic E-state index is 13.0. The highest BCUT2D eigenvalue weighted by Crippen LogP contribution is 2.21. The molecule has 0 saturated carbocycles. The molecule has 0 radical (unpaired) electrons. The van der Waals surface area contributed by atoms with Crippen molar-refractivity contribution in [2.45, 2.75) is 12.5 Å². The zero-order chi connectivity index (χ0) is 22.2. The number of hydrogen-bond acceptors (Lipinski definition) is 4. The fourth-order valence-corrected chi connectivity index (χ4v) is 3.78. The van der Waals surface area contributed by atoms with Gasteiger partial charge in [-0.05, 0) is 17.7 Å². The fourth-order valence-electron chi connectivity index (χ4n) is 3.56. The van der Waals surface area contributed by atoms with Crippen LogP contribution in [0, 0.1) is 0 Å². The second kappa shape index (κ2) is 10.9. The first-order chi connectivity index (χ1) is 15.0. The van der Waals surface area contributed by atoms with Gasteiger partial charge >= 0.3 is 0 Å². The van der Waals surface area contributed by atoms with E-state index in [1.54, 1.807) is 36.2 Å². The Morgan fingerprint density at radius 2 is 1.61 bits per heavy atom. The molecule has 2 aromatic rings. The summed E-state index contributed by atoms with van der Waals surface area (Å²) in [6.07, 6.45) is 0.148. The average molecular weight is 443 g/mol. The molecule has 2 N–H and O–H groups in total. The van der Waals surface area contributed by atoms with Crippen molar-refractivity contribution in [2.24, 2.45) is 0 Å². The quantitative estimate of drug-likeness (QED) is 0.688. The van der Waals surface area contributed by atoms with Crippen LogP contribution < -0.4 is 10.6 Å². The van der Waals surface area contributed by atoms with E-state index in [1.807, 2.05) is 35.2 Å². The Labute approximate surface area is 187 Å². The standard InChI is InChI=1S/C23H27ClN4O3/c1-25-21(29)16-27-11-13-28(14-12-27)22(30)15-20(17-7-3-2-4-8-17)26-23(31)18-9-5-6-10-19(18)24/h2-10,20H,11-16H2,1H3,(H,25,29)(H,26,31). The second-order valence-electron chi connectivity index (χ2n) is 7.45. The van der Waals surface area contributed by atoms with Crippen LogP contribution in [0.5, 0.6) is 0 Å². The summed E-state index contributed by atoms with van der Waals surface area (Å²) in [5.74, 6) is -0.387. The van der Waals surface area contributed by atoms with Gasteiger partial charge in [0, 0.05) is 33.2 Å². The van der Waals surface area contributed by atoms with Gasteiger partial charge in [-0.2, -0.15) is 0 Å². The first-order valence-electron chi connectivity index (χ1n) is 10.3. The molecule has 1 heterocycles. The van der Waals surface area contributed by atoms with Crippen LogP contribution in [0.3, 0.4) is 0 Å². The molecule has 1 saturated heterocycles. The van der Waals surface area contributed by atoms with Crippen molar-refractivity contribution in [3.63, 3.8) is 0 Å². The molecular formula is C23H27ClN4O3. The van der Waals surface area contributed by atoms with Gasteiger partial charge in [-0.25, -0.2) is 0 Å². The summed E-state index contributed by atoms with van der Waals surface area (Å²) >= 11 is 6.17. The number of hydrogen-bond donors (Lipinski definition) is 2. The molecule has 0 bridgehead atoms. The third-order valence-corrected chi connectivity index (χ3v) is 5.71. The first kappa shape index (κ1) is 22.8. The molecule has 0 spiro atoms. The molecule has 0 aliphatic carbocycles. The van der Waals surface area contributed by atoms with E-state index in [0.717, 1.165) is 5.56 Å². The van der Waals surface area contributed by atoms with Crippen LogP contribution in [-0.2, 0) is 9.59 Å². The van der Waals surface area contributed by atoms with Gasteiger partial charge in [0.2, 0.25) is 11.8 Å². The highest BCUT2D eigenvalue weighted by atomic mass is 35.5. The molecule has 3 rings (SSSR count). The molecule has 164 valence electrons. The van der Waals surface area contributed by atoms with Crippen molar-refractivity contribution in [3.05, 3.63) is 70.7 Å². The molecule has 1 unspecified atom stereocenters. The molecule has 1 atom stereocenters. The van der Waals surface area contributed by atoms with E-state index in [2.05, 4.69) is 10.6 Å². The van der Waals surface area contributed by atoms with Crippen LogP contribution in [0.1, 0.15) is 28.4 Å². The van der Waals surface area contributed by atoms with E-state index in [4.69, 9.17) is 11.6 Å². The summed E-state index contributed by atoms with van der Waals surface area (Å²) < 4.78 is 0. The highest BCUT2D eigenvalue weighted by Gasteiger charge is 2.26. The number of benzene rings is 2. The van der Waals surface area contributed by atoms with Crippen LogP contribution in [0.15, 0.2) is 54.6 Å². The monoisotopic (exact) mass is 442 g/mol. The number of likely N-dealkylation sites (N-methyl/N-ethyl adjacent to an activating group) is 1. The smallest absolute Gasteiger partial charge is 0.253 e. The zero-order valence-corrected chi connectivity index (χ0v) is 18.3. The SMILES string of the molecule is CNC(=O)CN1CCN(C(=O)CC(NC(=O)c2ccccc2Cl)c2ccccc2)CC1. The lowest BCUT2D eigenvalue weighted by Crippen LogP contribution is -2.51. The molecule has 1 aliphatic rings. The first-order valence-corrected chi connectivity index (χ1v) is 10.7. The summed E-state index contributed by atoms with van der Waals surface area (Å²) in [5.41, 5.74) is 1.23. The summed E-state index contributed by atoms with van der Waals surface area (Å²) in [6, 6.07) is 15.8. The van der Waals surface area contributed by atoms with E-state index in [-0.39, 0.29) is 24.1 Å². The number of rotatable bonds is 7. The van der Waals surface area contributed by atoms with Gasteiger partial charge in [-0.3, -0.25) is 19.3 Å². The topological polar surface area (TPSA) is 81.8 Å². The average Bonchev–Trinajstić information content (AvgIpc) is 2.79. The Hall–Kier alpha value is -2.90. The van der Waals surface area contributed by atoms with E-state index >= 15 is 0 Å². The Bertz CT molecular complexity index is 914. The zero-order valence-electron chi connectivity index (χ0n) is 17.5. The maximum absolute atomic E-state index is 13.0. The summed E-state index contributed by atoms with van der Waals surface area (Å²) in [7, 11) is 1.61. The van der Waals surface area contributed by atoms with Crippen molar-refractivity contribution in [1.29, 1.82) is 0 Å². The molecule has 8 heteroatoms. The number of carbonyl (C=O) groups excluding carboxylic acids is 3. The number of carbonyl (C=O) groups is 3. The number of nitrogens with one attached hydrogen (secondary N) is 2. The fraction of sp³-hybridized carbons (Fsp3) is 0.348. The minimum Gasteiger partial charge on any atom is -0.358 e. The number of nitrogens with zero attached hydrogens (tertiary/aromatic N) is 2. The molecule has 1 aliphatic heterocycles. The molecule has 7 nitrogen and oxygen atoms in total. The molecule has 31 heavy (non-hydrogen) atoms. The predicted octanol–water partition coefficient (Wildman–Crippen LogP) is 2.09. The van der Waals surface area contributed by atoms with Crippen molar-refractivity contribution < 1.29 is 14.4 Å². The van der Waals surface area contributed by atoms with Crippen molar-refractivity contribution in [1.82, 2.24) is 20.4 Å². The molecule has 0 aromatic heterocycles. The third kappa shape index (κ3) is 6.29. The minimum atomic E-state index is -0.471. The summed E-state index contributed by atoms with van der Waals surface area (Å²) in [5, 5.41) is 5.95. The van der Waals surface area contributed by atoms with Gasteiger partial charge < -0.3 is 15.5 Å². The lowest BCUT2D eigenvalue weighted by atomic mass is 10.0. The van der Waals surface area contributed by atoms with Gasteiger partial charge in [-0.1, -0.05) is 54.1 Å². The lowest BCUT2D eigenvalue weighted by molar-refractivity contribution is -0.133. The third-order valence-electron chi connectivity index (χ3n) is 5.38. The van der Waals surface area contributed by atoms with Crippen LogP contribution in [0.25, 0.3) is 0 Å². The molecular weight excluding hydrogens is 416 g/mol. The Morgan fingerprint density at radius 1 is 0.968 bits per heavy atom. The lowest BCUT2D eigenvalue weighted by Gasteiger charge is -2.35. The van der Waals surface area contributed by atoms with Gasteiger partial charge in [-0.15, -0.1) is 0 Å². The Balaban J connectivity index is 1.65.